The number of hydrogen-bond donors (Lipinski definition) is 2. The maximum absolute atomic E-state index is 11.9. The van der Waals surface area contributed by atoms with Gasteiger partial charge in [-0.1, -0.05) is 6.07 Å². The molecule has 0 aromatic heterocycles. The fourth-order valence-corrected chi connectivity index (χ4v) is 1.69. The van der Waals surface area contributed by atoms with E-state index in [9.17, 15) is 4.79 Å². The summed E-state index contributed by atoms with van der Waals surface area (Å²) in [6, 6.07) is 5.57. The van der Waals surface area contributed by atoms with Gasteiger partial charge in [0.1, 0.15) is 0 Å². The van der Waals surface area contributed by atoms with Crippen molar-refractivity contribution in [2.45, 2.75) is 46.4 Å². The number of hydrogen-bond acceptors (Lipinski definition) is 4. The zero-order chi connectivity index (χ0) is 15.1. The van der Waals surface area contributed by atoms with Gasteiger partial charge in [-0.2, -0.15) is 0 Å². The van der Waals surface area contributed by atoms with Crippen molar-refractivity contribution in [1.29, 1.82) is 0 Å². The SMILES string of the molecule is CCOc1cc(CN)ccc1OC(C)C(=O)NC(C)C. The highest BCUT2D eigenvalue weighted by Gasteiger charge is 2.17. The Bertz CT molecular complexity index is 447. The Hall–Kier alpha value is -1.75. The van der Waals surface area contributed by atoms with Gasteiger partial charge in [-0.25, -0.2) is 0 Å². The first-order valence-electron chi connectivity index (χ1n) is 6.90. The summed E-state index contributed by atoms with van der Waals surface area (Å²) in [4.78, 5) is 11.9. The van der Waals surface area contributed by atoms with Gasteiger partial charge < -0.3 is 20.5 Å². The largest absolute Gasteiger partial charge is 0.490 e. The summed E-state index contributed by atoms with van der Waals surface area (Å²) < 4.78 is 11.2. The lowest BCUT2D eigenvalue weighted by Crippen LogP contribution is -2.40. The molecule has 0 radical (unpaired) electrons. The van der Waals surface area contributed by atoms with Crippen LogP contribution in [-0.4, -0.2) is 24.7 Å². The predicted octanol–water partition coefficient (Wildman–Crippen LogP) is 1.84. The monoisotopic (exact) mass is 280 g/mol. The Labute approximate surface area is 120 Å². The molecule has 5 heteroatoms. The Morgan fingerprint density at radius 2 is 2.00 bits per heavy atom. The van der Waals surface area contributed by atoms with Gasteiger partial charge in [-0.05, 0) is 45.4 Å². The molecular formula is C15H24N2O3. The van der Waals surface area contributed by atoms with Crippen LogP contribution in [0.5, 0.6) is 11.5 Å². The molecule has 112 valence electrons. The fraction of sp³-hybridized carbons (Fsp3) is 0.533. The molecule has 0 bridgehead atoms. The lowest BCUT2D eigenvalue weighted by atomic mass is 10.2. The number of amides is 1. The van der Waals surface area contributed by atoms with Gasteiger partial charge >= 0.3 is 0 Å². The highest BCUT2D eigenvalue weighted by Crippen LogP contribution is 2.29. The van der Waals surface area contributed by atoms with E-state index in [0.29, 0.717) is 24.7 Å². The zero-order valence-electron chi connectivity index (χ0n) is 12.6. The molecule has 0 saturated heterocycles. The lowest BCUT2D eigenvalue weighted by Gasteiger charge is -2.19. The Morgan fingerprint density at radius 3 is 2.55 bits per heavy atom. The van der Waals surface area contributed by atoms with E-state index in [2.05, 4.69) is 5.32 Å². The van der Waals surface area contributed by atoms with Crippen LogP contribution in [0.2, 0.25) is 0 Å². The Morgan fingerprint density at radius 1 is 1.30 bits per heavy atom. The van der Waals surface area contributed by atoms with Gasteiger partial charge in [0.05, 0.1) is 6.61 Å². The highest BCUT2D eigenvalue weighted by atomic mass is 16.5. The second-order valence-corrected chi connectivity index (χ2v) is 4.84. The summed E-state index contributed by atoms with van der Waals surface area (Å²) in [5.41, 5.74) is 6.57. The molecule has 0 spiro atoms. The van der Waals surface area contributed by atoms with Gasteiger partial charge in [0.2, 0.25) is 0 Å². The average Bonchev–Trinajstić information content (AvgIpc) is 2.40. The lowest BCUT2D eigenvalue weighted by molar-refractivity contribution is -0.127. The Kier molecular flexibility index (Phi) is 6.31. The van der Waals surface area contributed by atoms with Crippen molar-refractivity contribution >= 4 is 5.91 Å². The first kappa shape index (κ1) is 16.3. The summed E-state index contributed by atoms with van der Waals surface area (Å²) in [5.74, 6) is 1.01. The van der Waals surface area contributed by atoms with Crippen LogP contribution < -0.4 is 20.5 Å². The Balaban J connectivity index is 2.82. The number of carbonyl (C=O) groups excluding carboxylic acids is 1. The molecule has 3 N–H and O–H groups in total. The third kappa shape index (κ3) is 4.74. The van der Waals surface area contributed by atoms with Gasteiger partial charge in [0.25, 0.3) is 5.91 Å². The normalized spacial score (nSPS) is 12.1. The van der Waals surface area contributed by atoms with Gasteiger partial charge in [-0.3, -0.25) is 4.79 Å². The van der Waals surface area contributed by atoms with E-state index in [1.165, 1.54) is 0 Å². The minimum Gasteiger partial charge on any atom is -0.490 e. The van der Waals surface area contributed by atoms with Crippen molar-refractivity contribution in [3.8, 4) is 11.5 Å². The van der Waals surface area contributed by atoms with E-state index in [-0.39, 0.29) is 11.9 Å². The second-order valence-electron chi connectivity index (χ2n) is 4.84. The second kappa shape index (κ2) is 7.75. The third-order valence-electron chi connectivity index (χ3n) is 2.65. The van der Waals surface area contributed by atoms with Crippen LogP contribution in [0.25, 0.3) is 0 Å². The molecular weight excluding hydrogens is 256 g/mol. The molecule has 1 atom stereocenters. The quantitative estimate of drug-likeness (QED) is 0.799. The number of rotatable bonds is 7. The van der Waals surface area contributed by atoms with Crippen LogP contribution in [0, 0.1) is 0 Å². The summed E-state index contributed by atoms with van der Waals surface area (Å²) in [7, 11) is 0. The van der Waals surface area contributed by atoms with Crippen molar-refractivity contribution < 1.29 is 14.3 Å². The maximum atomic E-state index is 11.9. The third-order valence-corrected chi connectivity index (χ3v) is 2.65. The number of benzene rings is 1. The fourth-order valence-electron chi connectivity index (χ4n) is 1.69. The maximum Gasteiger partial charge on any atom is 0.260 e. The van der Waals surface area contributed by atoms with E-state index >= 15 is 0 Å². The summed E-state index contributed by atoms with van der Waals surface area (Å²) >= 11 is 0. The highest BCUT2D eigenvalue weighted by molar-refractivity contribution is 5.81. The molecule has 5 nitrogen and oxygen atoms in total. The van der Waals surface area contributed by atoms with E-state index in [1.54, 1.807) is 13.0 Å². The van der Waals surface area contributed by atoms with Crippen LogP contribution in [0.3, 0.4) is 0 Å². The minimum atomic E-state index is -0.583. The minimum absolute atomic E-state index is 0.0829. The predicted molar refractivity (Wildman–Crippen MR) is 78.9 cm³/mol. The van der Waals surface area contributed by atoms with Crippen molar-refractivity contribution in [2.75, 3.05) is 6.61 Å². The standard InChI is InChI=1S/C15H24N2O3/c1-5-19-14-8-12(9-16)6-7-13(14)20-11(4)15(18)17-10(2)3/h6-8,10-11H,5,9,16H2,1-4H3,(H,17,18). The summed E-state index contributed by atoms with van der Waals surface area (Å²) in [6.45, 7) is 8.39. The van der Waals surface area contributed by atoms with Crippen LogP contribution in [-0.2, 0) is 11.3 Å². The zero-order valence-corrected chi connectivity index (χ0v) is 12.6. The van der Waals surface area contributed by atoms with Crippen LogP contribution in [0.15, 0.2) is 18.2 Å². The van der Waals surface area contributed by atoms with Crippen molar-refractivity contribution in [3.63, 3.8) is 0 Å². The molecule has 0 fully saturated rings. The number of nitrogens with two attached hydrogens (primary N) is 1. The van der Waals surface area contributed by atoms with Gasteiger partial charge in [-0.15, -0.1) is 0 Å². The van der Waals surface area contributed by atoms with Crippen LogP contribution in [0.1, 0.15) is 33.3 Å². The molecule has 1 amide bonds. The molecule has 0 aliphatic heterocycles. The number of nitrogens with one attached hydrogen (secondary N) is 1. The van der Waals surface area contributed by atoms with Gasteiger partial charge in [0, 0.05) is 12.6 Å². The first-order valence-corrected chi connectivity index (χ1v) is 6.90. The average molecular weight is 280 g/mol. The number of carbonyl (C=O) groups is 1. The van der Waals surface area contributed by atoms with Crippen molar-refractivity contribution in [2.24, 2.45) is 5.73 Å². The molecule has 1 rings (SSSR count). The first-order chi connectivity index (χ1) is 9.47. The van der Waals surface area contributed by atoms with Gasteiger partial charge in [0.15, 0.2) is 17.6 Å². The smallest absolute Gasteiger partial charge is 0.260 e. The topological polar surface area (TPSA) is 73.6 Å². The number of ether oxygens (including phenoxy) is 2. The molecule has 0 saturated carbocycles. The van der Waals surface area contributed by atoms with Crippen molar-refractivity contribution in [1.82, 2.24) is 5.32 Å². The molecule has 1 unspecified atom stereocenters. The van der Waals surface area contributed by atoms with Crippen molar-refractivity contribution in [3.05, 3.63) is 23.8 Å². The molecule has 1 aromatic rings. The molecule has 0 heterocycles. The van der Waals surface area contributed by atoms with Crippen LogP contribution in [0.4, 0.5) is 0 Å². The van der Waals surface area contributed by atoms with E-state index in [1.807, 2.05) is 32.9 Å². The molecule has 0 aliphatic carbocycles. The van der Waals surface area contributed by atoms with E-state index in [0.717, 1.165) is 5.56 Å². The molecule has 0 aliphatic rings. The molecule has 1 aromatic carbocycles. The molecule has 20 heavy (non-hydrogen) atoms. The van der Waals surface area contributed by atoms with E-state index < -0.39 is 6.10 Å². The summed E-state index contributed by atoms with van der Waals surface area (Å²) in [6.07, 6.45) is -0.583. The van der Waals surface area contributed by atoms with Crippen LogP contribution >= 0.6 is 0 Å². The summed E-state index contributed by atoms with van der Waals surface area (Å²) in [5, 5.41) is 2.81. The van der Waals surface area contributed by atoms with E-state index in [4.69, 9.17) is 15.2 Å².